The first-order chi connectivity index (χ1) is 16.5. The Kier molecular flexibility index (Phi) is 5.65. The van der Waals surface area contributed by atoms with Crippen molar-refractivity contribution < 1.29 is 14.3 Å². The van der Waals surface area contributed by atoms with E-state index in [1.54, 1.807) is 11.8 Å². The van der Waals surface area contributed by atoms with Crippen LogP contribution in [0.1, 0.15) is 35.2 Å². The Morgan fingerprint density at radius 3 is 2.26 bits per heavy atom. The fourth-order valence-electron chi connectivity index (χ4n) is 4.64. The van der Waals surface area contributed by atoms with Gasteiger partial charge in [0.05, 0.1) is 30.2 Å². The van der Waals surface area contributed by atoms with E-state index in [2.05, 4.69) is 0 Å². The van der Waals surface area contributed by atoms with Crippen LogP contribution in [0.5, 0.6) is 0 Å². The zero-order valence-electron chi connectivity index (χ0n) is 19.6. The van der Waals surface area contributed by atoms with Crippen molar-refractivity contribution in [3.8, 4) is 0 Å². The number of rotatable bonds is 5. The minimum absolute atomic E-state index is 0.207. The summed E-state index contributed by atoms with van der Waals surface area (Å²) in [4.78, 5) is 33.7. The van der Waals surface area contributed by atoms with Crippen LogP contribution in [0.2, 0.25) is 0 Å². The average molecular weight is 454 g/mol. The maximum Gasteiger partial charge on any atom is 0.321 e. The number of anilines is 1. The molecule has 1 aliphatic heterocycles. The second-order valence-electron chi connectivity index (χ2n) is 8.77. The molecule has 2 atom stereocenters. The van der Waals surface area contributed by atoms with Gasteiger partial charge in [0.2, 0.25) is 11.9 Å². The molecule has 0 spiro atoms. The van der Waals surface area contributed by atoms with Crippen LogP contribution in [0.4, 0.5) is 5.95 Å². The Morgan fingerprint density at radius 2 is 1.59 bits per heavy atom. The normalized spacial score (nSPS) is 17.6. The van der Waals surface area contributed by atoms with E-state index in [1.807, 2.05) is 91.2 Å². The lowest BCUT2D eigenvalue weighted by molar-refractivity contribution is -0.153. The monoisotopic (exact) mass is 453 g/mol. The van der Waals surface area contributed by atoms with Crippen molar-refractivity contribution in [2.75, 3.05) is 11.5 Å². The smallest absolute Gasteiger partial charge is 0.321 e. The molecule has 172 valence electrons. The molecule has 0 aliphatic carbocycles. The molecule has 0 saturated carbocycles. The second-order valence-corrected chi connectivity index (χ2v) is 8.77. The number of imidazole rings is 1. The third kappa shape index (κ3) is 3.75. The number of hydrogen-bond donors (Lipinski definition) is 0. The molecule has 0 radical (unpaired) electrons. The molecule has 4 aromatic rings. The number of carbonyl (C=O) groups excluding carboxylic acids is 2. The summed E-state index contributed by atoms with van der Waals surface area (Å²) in [5.41, 5.74) is 5.74. The van der Waals surface area contributed by atoms with Crippen molar-refractivity contribution in [2.45, 2.75) is 33.4 Å². The van der Waals surface area contributed by atoms with Crippen molar-refractivity contribution >= 4 is 28.9 Å². The summed E-state index contributed by atoms with van der Waals surface area (Å²) in [6, 6.07) is 23.2. The van der Waals surface area contributed by atoms with Crippen LogP contribution in [0.15, 0.2) is 72.8 Å². The van der Waals surface area contributed by atoms with E-state index in [4.69, 9.17) is 9.72 Å². The summed E-state index contributed by atoms with van der Waals surface area (Å²) in [5, 5.41) is 0. The van der Waals surface area contributed by atoms with Gasteiger partial charge in [0.15, 0.2) is 5.92 Å². The van der Waals surface area contributed by atoms with Gasteiger partial charge in [-0.05, 0) is 44.0 Å². The maximum atomic E-state index is 14.0. The maximum absolute atomic E-state index is 14.0. The first-order valence-corrected chi connectivity index (χ1v) is 11.5. The fraction of sp³-hybridized carbons (Fsp3) is 0.250. The van der Waals surface area contributed by atoms with E-state index in [1.165, 1.54) is 0 Å². The molecule has 0 N–H and O–H groups in total. The van der Waals surface area contributed by atoms with E-state index in [-0.39, 0.29) is 12.5 Å². The standard InChI is InChI=1S/C28H27N3O3/c1-4-34-27(33)24-25(21-15-11-19(3)12-16-21)31-23-8-6-5-7-22(23)29-28(31)30(26(24)32)17-20-13-9-18(2)10-14-20/h5-16,24-25H,4,17H2,1-3H3/t24-,25-/m0/s1. The van der Waals surface area contributed by atoms with Crippen LogP contribution in [0.25, 0.3) is 11.0 Å². The van der Waals surface area contributed by atoms with Gasteiger partial charge in [-0.15, -0.1) is 0 Å². The Balaban J connectivity index is 1.73. The molecule has 3 aromatic carbocycles. The lowest BCUT2D eigenvalue weighted by atomic mass is 9.89. The van der Waals surface area contributed by atoms with Crippen LogP contribution < -0.4 is 4.90 Å². The van der Waals surface area contributed by atoms with Gasteiger partial charge in [-0.1, -0.05) is 71.8 Å². The van der Waals surface area contributed by atoms with Gasteiger partial charge in [0, 0.05) is 0 Å². The number of nitrogens with zero attached hydrogens (tertiary/aromatic N) is 3. The Hall–Kier alpha value is -3.93. The van der Waals surface area contributed by atoms with Crippen molar-refractivity contribution in [2.24, 2.45) is 5.92 Å². The molecule has 0 unspecified atom stereocenters. The molecule has 34 heavy (non-hydrogen) atoms. The van der Waals surface area contributed by atoms with Gasteiger partial charge < -0.3 is 9.30 Å². The minimum atomic E-state index is -1.02. The first kappa shape index (κ1) is 21.9. The highest BCUT2D eigenvalue weighted by Gasteiger charge is 2.47. The zero-order chi connectivity index (χ0) is 23.8. The van der Waals surface area contributed by atoms with Gasteiger partial charge in [0.25, 0.3) is 0 Å². The predicted octanol–water partition coefficient (Wildman–Crippen LogP) is 4.97. The van der Waals surface area contributed by atoms with Crippen molar-refractivity contribution in [1.29, 1.82) is 0 Å². The Bertz CT molecular complexity index is 1360. The third-order valence-electron chi connectivity index (χ3n) is 6.37. The Labute approximate surface area is 198 Å². The lowest BCUT2D eigenvalue weighted by Gasteiger charge is -2.38. The first-order valence-electron chi connectivity index (χ1n) is 11.5. The summed E-state index contributed by atoms with van der Waals surface area (Å²) in [6.45, 7) is 6.32. The van der Waals surface area contributed by atoms with E-state index < -0.39 is 17.9 Å². The highest BCUT2D eigenvalue weighted by molar-refractivity contribution is 6.08. The molecule has 1 amide bonds. The molecular weight excluding hydrogens is 426 g/mol. The minimum Gasteiger partial charge on any atom is -0.465 e. The third-order valence-corrected chi connectivity index (χ3v) is 6.37. The van der Waals surface area contributed by atoms with Crippen molar-refractivity contribution in [3.05, 3.63) is 95.1 Å². The van der Waals surface area contributed by atoms with Gasteiger partial charge in [0.1, 0.15) is 0 Å². The molecule has 2 heterocycles. The molecule has 0 saturated heterocycles. The van der Waals surface area contributed by atoms with Crippen LogP contribution in [-0.2, 0) is 20.9 Å². The summed E-state index contributed by atoms with van der Waals surface area (Å²) in [6.07, 6.45) is 0. The van der Waals surface area contributed by atoms with Crippen LogP contribution in [-0.4, -0.2) is 28.0 Å². The van der Waals surface area contributed by atoms with Crippen LogP contribution >= 0.6 is 0 Å². The van der Waals surface area contributed by atoms with E-state index in [9.17, 15) is 9.59 Å². The highest BCUT2D eigenvalue weighted by Crippen LogP contribution is 2.41. The number of aryl methyl sites for hydroxylation is 2. The molecular formula is C28H27N3O3. The van der Waals surface area contributed by atoms with Crippen molar-refractivity contribution in [3.63, 3.8) is 0 Å². The molecule has 5 rings (SSSR count). The van der Waals surface area contributed by atoms with E-state index in [0.29, 0.717) is 12.5 Å². The number of hydrogen-bond acceptors (Lipinski definition) is 4. The quantitative estimate of drug-likeness (QED) is 0.316. The van der Waals surface area contributed by atoms with E-state index in [0.717, 1.165) is 33.3 Å². The SMILES string of the molecule is CCOC(=O)[C@@H]1C(=O)N(Cc2ccc(C)cc2)c2nc3ccccc3n2[C@H]1c1ccc(C)cc1. The van der Waals surface area contributed by atoms with Crippen LogP contribution in [0, 0.1) is 19.8 Å². The largest absolute Gasteiger partial charge is 0.465 e. The van der Waals surface area contributed by atoms with Gasteiger partial charge in [-0.25, -0.2) is 4.98 Å². The number of benzene rings is 3. The molecule has 6 nitrogen and oxygen atoms in total. The summed E-state index contributed by atoms with van der Waals surface area (Å²) >= 11 is 0. The molecule has 1 aliphatic rings. The summed E-state index contributed by atoms with van der Waals surface area (Å²) in [7, 11) is 0. The summed E-state index contributed by atoms with van der Waals surface area (Å²) in [5.74, 6) is -1.29. The lowest BCUT2D eigenvalue weighted by Crippen LogP contribution is -2.49. The number of para-hydroxylation sites is 2. The number of aromatic nitrogens is 2. The number of esters is 1. The molecule has 6 heteroatoms. The number of ether oxygens (including phenoxy) is 1. The number of fused-ring (bicyclic) bond motifs is 3. The second kappa shape index (κ2) is 8.78. The zero-order valence-corrected chi connectivity index (χ0v) is 19.6. The Morgan fingerprint density at radius 1 is 0.941 bits per heavy atom. The number of amides is 1. The van der Waals surface area contributed by atoms with Gasteiger partial charge >= 0.3 is 5.97 Å². The van der Waals surface area contributed by atoms with E-state index >= 15 is 0 Å². The number of carbonyl (C=O) groups is 2. The molecule has 1 aromatic heterocycles. The van der Waals surface area contributed by atoms with Gasteiger partial charge in [-0.3, -0.25) is 14.5 Å². The topological polar surface area (TPSA) is 64.4 Å². The van der Waals surface area contributed by atoms with Crippen molar-refractivity contribution in [1.82, 2.24) is 9.55 Å². The average Bonchev–Trinajstić information content (AvgIpc) is 3.22. The van der Waals surface area contributed by atoms with Crippen LogP contribution in [0.3, 0.4) is 0 Å². The molecule has 0 fully saturated rings. The van der Waals surface area contributed by atoms with Gasteiger partial charge in [-0.2, -0.15) is 0 Å². The molecule has 0 bridgehead atoms. The fourth-order valence-corrected chi connectivity index (χ4v) is 4.64. The highest BCUT2D eigenvalue weighted by atomic mass is 16.5. The summed E-state index contributed by atoms with van der Waals surface area (Å²) < 4.78 is 7.45. The predicted molar refractivity (Wildman–Crippen MR) is 132 cm³/mol.